The molecule has 1 saturated heterocycles. The number of nitrogens with zero attached hydrogens (tertiary/aromatic N) is 2. The van der Waals surface area contributed by atoms with Crippen LogP contribution in [0.4, 0.5) is 19.0 Å². The highest BCUT2D eigenvalue weighted by atomic mass is 19.4. The zero-order valence-electron chi connectivity index (χ0n) is 22.5. The van der Waals surface area contributed by atoms with Crippen molar-refractivity contribution in [3.05, 3.63) is 59.3 Å². The largest absolute Gasteiger partial charge is 0.480 e. The maximum absolute atomic E-state index is 14.1. The SMILES string of the molecule is CC(C)(C)C1C(NCc2cc(C(F)(F)F)cnc2N)C(c2ccccc2)N(C(=O)C2CCCCC2)C1C(=O)O. The van der Waals surface area contributed by atoms with E-state index < -0.39 is 47.2 Å². The van der Waals surface area contributed by atoms with Crippen LogP contribution in [0.5, 0.6) is 0 Å². The summed E-state index contributed by atoms with van der Waals surface area (Å²) in [6.07, 6.45) is 0.441. The van der Waals surface area contributed by atoms with Gasteiger partial charge in [-0.2, -0.15) is 13.2 Å². The Morgan fingerprint density at radius 1 is 1.10 bits per heavy atom. The molecule has 4 atom stereocenters. The van der Waals surface area contributed by atoms with Gasteiger partial charge in [-0.15, -0.1) is 0 Å². The highest BCUT2D eigenvalue weighted by Gasteiger charge is 2.58. The predicted octanol–water partition coefficient (Wildman–Crippen LogP) is 5.42. The van der Waals surface area contributed by atoms with Crippen LogP contribution in [0.15, 0.2) is 42.6 Å². The third kappa shape index (κ3) is 6.05. The average molecular weight is 547 g/mol. The maximum atomic E-state index is 14.1. The zero-order chi connectivity index (χ0) is 28.5. The van der Waals surface area contributed by atoms with Crippen molar-refractivity contribution >= 4 is 17.7 Å². The Bertz CT molecular complexity index is 1180. The Morgan fingerprint density at radius 2 is 1.74 bits per heavy atom. The number of amides is 1. The Kier molecular flexibility index (Phi) is 8.25. The number of carbonyl (C=O) groups is 2. The number of pyridine rings is 1. The fourth-order valence-corrected chi connectivity index (χ4v) is 6.33. The van der Waals surface area contributed by atoms with Crippen LogP contribution in [0.25, 0.3) is 0 Å². The molecule has 4 N–H and O–H groups in total. The highest BCUT2D eigenvalue weighted by molar-refractivity contribution is 5.87. The van der Waals surface area contributed by atoms with E-state index in [0.717, 1.165) is 30.9 Å². The van der Waals surface area contributed by atoms with Gasteiger partial charge in [0.25, 0.3) is 0 Å². The quantitative estimate of drug-likeness (QED) is 0.447. The van der Waals surface area contributed by atoms with Crippen LogP contribution >= 0.6 is 0 Å². The van der Waals surface area contributed by atoms with Crippen LogP contribution in [0.3, 0.4) is 0 Å². The summed E-state index contributed by atoms with van der Waals surface area (Å²) in [5, 5.41) is 13.9. The zero-order valence-corrected chi connectivity index (χ0v) is 22.5. The Labute approximate surface area is 227 Å². The van der Waals surface area contributed by atoms with Crippen LogP contribution in [-0.4, -0.2) is 39.0 Å². The van der Waals surface area contributed by atoms with Crippen molar-refractivity contribution in [2.75, 3.05) is 5.73 Å². The van der Waals surface area contributed by atoms with Crippen LogP contribution < -0.4 is 11.1 Å². The molecular formula is C29H37F3N4O3. The number of likely N-dealkylation sites (tertiary alicyclic amines) is 1. The van der Waals surface area contributed by atoms with Crippen molar-refractivity contribution in [3.63, 3.8) is 0 Å². The number of aliphatic carboxylic acids is 1. The van der Waals surface area contributed by atoms with Crippen LogP contribution in [0.1, 0.15) is 75.6 Å². The molecule has 1 aliphatic heterocycles. The number of anilines is 1. The smallest absolute Gasteiger partial charge is 0.417 e. The fraction of sp³-hybridized carbons (Fsp3) is 0.552. The van der Waals surface area contributed by atoms with Gasteiger partial charge in [0, 0.05) is 36.2 Å². The minimum atomic E-state index is -4.58. The average Bonchev–Trinajstić information content (AvgIpc) is 3.24. The van der Waals surface area contributed by atoms with Crippen LogP contribution in [0.2, 0.25) is 0 Å². The molecule has 4 rings (SSSR count). The number of rotatable bonds is 6. The summed E-state index contributed by atoms with van der Waals surface area (Å²) < 4.78 is 40.2. The number of carboxylic acid groups (broad SMARTS) is 1. The van der Waals surface area contributed by atoms with Crippen LogP contribution in [-0.2, 0) is 22.3 Å². The van der Waals surface area contributed by atoms with Crippen LogP contribution in [0, 0.1) is 17.3 Å². The summed E-state index contributed by atoms with van der Waals surface area (Å²) in [5.74, 6) is -2.11. The van der Waals surface area contributed by atoms with Crippen molar-refractivity contribution in [1.29, 1.82) is 0 Å². The summed E-state index contributed by atoms with van der Waals surface area (Å²) in [6, 6.07) is 7.90. The van der Waals surface area contributed by atoms with Gasteiger partial charge >= 0.3 is 12.1 Å². The van der Waals surface area contributed by atoms with Gasteiger partial charge in [0.1, 0.15) is 11.9 Å². The fourth-order valence-electron chi connectivity index (χ4n) is 6.33. The first kappa shape index (κ1) is 28.9. The molecule has 1 aromatic heterocycles. The third-order valence-electron chi connectivity index (χ3n) is 8.13. The number of hydrogen-bond donors (Lipinski definition) is 3. The molecule has 10 heteroatoms. The van der Waals surface area contributed by atoms with Gasteiger partial charge in [0.05, 0.1) is 11.6 Å². The molecule has 0 bridgehead atoms. The van der Waals surface area contributed by atoms with E-state index in [1.165, 1.54) is 0 Å². The number of benzene rings is 1. The molecule has 4 unspecified atom stereocenters. The van der Waals surface area contributed by atoms with Crippen molar-refractivity contribution in [2.24, 2.45) is 17.3 Å². The van der Waals surface area contributed by atoms with E-state index in [4.69, 9.17) is 5.73 Å². The first-order valence-corrected chi connectivity index (χ1v) is 13.5. The molecule has 2 aliphatic rings. The molecule has 1 amide bonds. The number of nitrogens with two attached hydrogens (primary N) is 1. The molecule has 1 aliphatic carbocycles. The highest BCUT2D eigenvalue weighted by Crippen LogP contribution is 2.49. The molecule has 2 heterocycles. The number of hydrogen-bond acceptors (Lipinski definition) is 5. The van der Waals surface area contributed by atoms with Crippen molar-refractivity contribution < 1.29 is 27.9 Å². The number of nitrogen functional groups attached to an aromatic ring is 1. The van der Waals surface area contributed by atoms with Gasteiger partial charge in [0.15, 0.2) is 0 Å². The second kappa shape index (κ2) is 11.2. The second-order valence-corrected chi connectivity index (χ2v) is 11.8. The first-order chi connectivity index (χ1) is 18.3. The maximum Gasteiger partial charge on any atom is 0.417 e. The van der Waals surface area contributed by atoms with Gasteiger partial charge in [-0.25, -0.2) is 9.78 Å². The minimum absolute atomic E-state index is 0.0398. The Morgan fingerprint density at radius 3 is 2.31 bits per heavy atom. The van der Waals surface area contributed by atoms with Crippen molar-refractivity contribution in [3.8, 4) is 0 Å². The summed E-state index contributed by atoms with van der Waals surface area (Å²) >= 11 is 0. The molecule has 39 heavy (non-hydrogen) atoms. The standard InChI is InChI=1S/C29H37F3N4O3/c1-28(2,3)21-22(34-15-19-14-20(29(30,31)32)16-35-25(19)33)23(17-10-6-4-7-11-17)36(24(21)27(38)39)26(37)18-12-8-5-9-13-18/h4,6-7,10-11,14,16,18,21-24,34H,5,8-9,12-13,15H2,1-3H3,(H2,33,35)(H,38,39). The van der Waals surface area contributed by atoms with Gasteiger partial charge in [-0.05, 0) is 29.9 Å². The van der Waals surface area contributed by atoms with Gasteiger partial charge in [-0.1, -0.05) is 70.4 Å². The lowest BCUT2D eigenvalue weighted by atomic mass is 9.72. The Balaban J connectivity index is 1.80. The van der Waals surface area contributed by atoms with E-state index in [1.807, 2.05) is 51.1 Å². The third-order valence-corrected chi connectivity index (χ3v) is 8.13. The monoisotopic (exact) mass is 546 g/mol. The number of aromatic nitrogens is 1. The number of halogens is 3. The summed E-state index contributed by atoms with van der Waals surface area (Å²) in [4.78, 5) is 32.3. The lowest BCUT2D eigenvalue weighted by Crippen LogP contribution is -2.49. The lowest BCUT2D eigenvalue weighted by molar-refractivity contribution is -0.154. The molecule has 2 fully saturated rings. The van der Waals surface area contributed by atoms with E-state index >= 15 is 0 Å². The molecule has 212 valence electrons. The number of nitrogens with one attached hydrogen (secondary N) is 1. The number of carboxylic acids is 1. The van der Waals surface area contributed by atoms with E-state index in [1.54, 1.807) is 4.90 Å². The summed E-state index contributed by atoms with van der Waals surface area (Å²) in [6.45, 7) is 5.72. The van der Waals surface area contributed by atoms with Gasteiger partial charge < -0.3 is 21.1 Å². The predicted molar refractivity (Wildman–Crippen MR) is 141 cm³/mol. The summed E-state index contributed by atoms with van der Waals surface area (Å²) in [7, 11) is 0. The van der Waals surface area contributed by atoms with E-state index in [2.05, 4.69) is 10.3 Å². The second-order valence-electron chi connectivity index (χ2n) is 11.8. The number of carbonyl (C=O) groups excluding carboxylic acids is 1. The lowest BCUT2D eigenvalue weighted by Gasteiger charge is -2.36. The van der Waals surface area contributed by atoms with E-state index in [0.29, 0.717) is 19.0 Å². The topological polar surface area (TPSA) is 109 Å². The molecule has 0 radical (unpaired) electrons. The first-order valence-electron chi connectivity index (χ1n) is 13.5. The molecule has 7 nitrogen and oxygen atoms in total. The van der Waals surface area contributed by atoms with E-state index in [9.17, 15) is 27.9 Å². The molecule has 2 aromatic rings. The molecule has 1 saturated carbocycles. The summed E-state index contributed by atoms with van der Waals surface area (Å²) in [5.41, 5.74) is 5.41. The number of alkyl halides is 3. The van der Waals surface area contributed by atoms with Crippen molar-refractivity contribution in [1.82, 2.24) is 15.2 Å². The molecule has 1 aromatic carbocycles. The normalized spacial score (nSPS) is 24.6. The minimum Gasteiger partial charge on any atom is -0.480 e. The van der Waals surface area contributed by atoms with Crippen molar-refractivity contribution in [2.45, 2.75) is 83.7 Å². The Hall–Kier alpha value is -3.14. The van der Waals surface area contributed by atoms with E-state index in [-0.39, 0.29) is 29.8 Å². The molecular weight excluding hydrogens is 509 g/mol. The van der Waals surface area contributed by atoms with Gasteiger partial charge in [0.2, 0.25) is 5.91 Å². The molecule has 0 spiro atoms. The van der Waals surface area contributed by atoms with Gasteiger partial charge in [-0.3, -0.25) is 4.79 Å².